The monoisotopic (exact) mass is 202 g/mol. The molecule has 0 unspecified atom stereocenters. The lowest BCUT2D eigenvalue weighted by Gasteiger charge is -2.26. The molecule has 14 heavy (non-hydrogen) atoms. The van der Waals surface area contributed by atoms with E-state index >= 15 is 0 Å². The van der Waals surface area contributed by atoms with Crippen molar-refractivity contribution in [3.05, 3.63) is 0 Å². The van der Waals surface area contributed by atoms with Gasteiger partial charge in [0.05, 0.1) is 19.3 Å². The van der Waals surface area contributed by atoms with Crippen LogP contribution < -0.4 is 5.43 Å². The molecule has 0 aliphatic carbocycles. The third-order valence-electron chi connectivity index (χ3n) is 1.84. The molecule has 1 saturated heterocycles. The molecule has 0 aromatic rings. The number of ether oxygens (including phenoxy) is 2. The summed E-state index contributed by atoms with van der Waals surface area (Å²) in [6.45, 7) is 6.76. The van der Waals surface area contributed by atoms with E-state index in [-0.39, 0.29) is 18.6 Å². The highest BCUT2D eigenvalue weighted by molar-refractivity contribution is 5.76. The van der Waals surface area contributed by atoms with Crippen LogP contribution in [0.15, 0.2) is 0 Å². The van der Waals surface area contributed by atoms with Crippen molar-refractivity contribution < 1.29 is 14.3 Å². The third-order valence-corrected chi connectivity index (χ3v) is 1.84. The zero-order chi connectivity index (χ0) is 10.4. The van der Waals surface area contributed by atoms with Gasteiger partial charge in [-0.25, -0.2) is 5.01 Å². The molecule has 0 aromatic heterocycles. The van der Waals surface area contributed by atoms with Crippen molar-refractivity contribution in [1.82, 2.24) is 10.4 Å². The number of nitrogens with zero attached hydrogens (tertiary/aromatic N) is 1. The number of carbonyl (C=O) groups excluding carboxylic acids is 1. The molecule has 1 aliphatic rings. The van der Waals surface area contributed by atoms with Gasteiger partial charge in [0.2, 0.25) is 0 Å². The van der Waals surface area contributed by atoms with Crippen LogP contribution >= 0.6 is 0 Å². The van der Waals surface area contributed by atoms with Gasteiger partial charge in [0.1, 0.15) is 6.61 Å². The number of rotatable bonds is 4. The Bertz CT molecular complexity index is 179. The van der Waals surface area contributed by atoms with E-state index in [1.165, 1.54) is 0 Å². The Morgan fingerprint density at radius 3 is 2.71 bits per heavy atom. The van der Waals surface area contributed by atoms with Crippen LogP contribution in [-0.2, 0) is 14.3 Å². The van der Waals surface area contributed by atoms with Crippen LogP contribution in [0.2, 0.25) is 0 Å². The first kappa shape index (κ1) is 11.4. The number of hydrazine groups is 1. The standard InChI is InChI=1S/C9H18N2O3/c1-8(2)14-7-9(12)10-11-3-5-13-6-4-11/h8H,3-7H2,1-2H3,(H,10,12). The average molecular weight is 202 g/mol. The molecule has 0 radical (unpaired) electrons. The summed E-state index contributed by atoms with van der Waals surface area (Å²) in [5.74, 6) is -0.0967. The van der Waals surface area contributed by atoms with Crippen molar-refractivity contribution in [1.29, 1.82) is 0 Å². The summed E-state index contributed by atoms with van der Waals surface area (Å²) in [7, 11) is 0. The first-order valence-electron chi connectivity index (χ1n) is 4.92. The number of hydrogen-bond acceptors (Lipinski definition) is 4. The van der Waals surface area contributed by atoms with Crippen LogP contribution in [0.1, 0.15) is 13.8 Å². The SMILES string of the molecule is CC(C)OCC(=O)NN1CCOCC1. The lowest BCUT2D eigenvalue weighted by Crippen LogP contribution is -2.49. The largest absolute Gasteiger partial charge is 0.379 e. The van der Waals surface area contributed by atoms with Crippen LogP contribution in [0, 0.1) is 0 Å². The third kappa shape index (κ3) is 4.55. The molecule has 5 nitrogen and oxygen atoms in total. The molecule has 1 N–H and O–H groups in total. The minimum Gasteiger partial charge on any atom is -0.379 e. The number of nitrogens with one attached hydrogen (secondary N) is 1. The molecule has 0 atom stereocenters. The normalized spacial score (nSPS) is 18.5. The summed E-state index contributed by atoms with van der Waals surface area (Å²) < 4.78 is 10.3. The van der Waals surface area contributed by atoms with E-state index in [0.717, 1.165) is 13.1 Å². The second-order valence-electron chi connectivity index (χ2n) is 3.49. The molecule has 1 amide bonds. The minimum absolute atomic E-state index is 0.0884. The van der Waals surface area contributed by atoms with Gasteiger partial charge in [-0.1, -0.05) is 0 Å². The lowest BCUT2D eigenvalue weighted by molar-refractivity contribution is -0.134. The number of carbonyl (C=O) groups is 1. The Kier molecular flexibility index (Phi) is 4.86. The van der Waals surface area contributed by atoms with Crippen molar-refractivity contribution in [2.45, 2.75) is 20.0 Å². The fraction of sp³-hybridized carbons (Fsp3) is 0.889. The highest BCUT2D eigenvalue weighted by Crippen LogP contribution is 1.93. The maximum atomic E-state index is 11.3. The molecule has 82 valence electrons. The van der Waals surface area contributed by atoms with E-state index in [1.54, 1.807) is 0 Å². The predicted octanol–water partition coefficient (Wildman–Crippen LogP) is -0.225. The highest BCUT2D eigenvalue weighted by atomic mass is 16.5. The molecular weight excluding hydrogens is 184 g/mol. The van der Waals surface area contributed by atoms with Crippen molar-refractivity contribution in [2.24, 2.45) is 0 Å². The number of morpholine rings is 1. The van der Waals surface area contributed by atoms with Crippen molar-refractivity contribution in [3.8, 4) is 0 Å². The van der Waals surface area contributed by atoms with Crippen LogP contribution in [-0.4, -0.2) is 49.9 Å². The maximum Gasteiger partial charge on any atom is 0.260 e. The molecule has 0 spiro atoms. The van der Waals surface area contributed by atoms with Crippen molar-refractivity contribution >= 4 is 5.91 Å². The second kappa shape index (κ2) is 5.95. The molecule has 1 fully saturated rings. The summed E-state index contributed by atoms with van der Waals surface area (Å²) >= 11 is 0. The van der Waals surface area contributed by atoms with Crippen LogP contribution in [0.5, 0.6) is 0 Å². The van der Waals surface area contributed by atoms with E-state index in [4.69, 9.17) is 9.47 Å². The Morgan fingerprint density at radius 1 is 1.50 bits per heavy atom. The first-order chi connectivity index (χ1) is 6.68. The minimum atomic E-state index is -0.0967. The Labute approximate surface area is 84.3 Å². The summed E-state index contributed by atoms with van der Waals surface area (Å²) in [6.07, 6.45) is 0.0884. The van der Waals surface area contributed by atoms with Crippen LogP contribution in [0.3, 0.4) is 0 Å². The highest BCUT2D eigenvalue weighted by Gasteiger charge is 2.12. The topological polar surface area (TPSA) is 50.8 Å². The van der Waals surface area contributed by atoms with Gasteiger partial charge in [-0.05, 0) is 13.8 Å². The van der Waals surface area contributed by atoms with E-state index < -0.39 is 0 Å². The zero-order valence-electron chi connectivity index (χ0n) is 8.78. The number of hydrogen-bond donors (Lipinski definition) is 1. The molecule has 0 bridgehead atoms. The Morgan fingerprint density at radius 2 is 2.14 bits per heavy atom. The van der Waals surface area contributed by atoms with Gasteiger partial charge in [-0.15, -0.1) is 0 Å². The van der Waals surface area contributed by atoms with E-state index in [0.29, 0.717) is 13.2 Å². The van der Waals surface area contributed by atoms with Gasteiger partial charge in [0.25, 0.3) is 5.91 Å². The molecule has 0 aromatic carbocycles. The number of amides is 1. The molecule has 1 aliphatic heterocycles. The molecular formula is C9H18N2O3. The zero-order valence-corrected chi connectivity index (χ0v) is 8.78. The second-order valence-corrected chi connectivity index (χ2v) is 3.49. The lowest BCUT2D eigenvalue weighted by atomic mass is 10.5. The average Bonchev–Trinajstić information content (AvgIpc) is 2.16. The molecule has 1 rings (SSSR count). The predicted molar refractivity (Wildman–Crippen MR) is 51.6 cm³/mol. The first-order valence-corrected chi connectivity index (χ1v) is 4.92. The van der Waals surface area contributed by atoms with E-state index in [9.17, 15) is 4.79 Å². The smallest absolute Gasteiger partial charge is 0.260 e. The quantitative estimate of drug-likeness (QED) is 0.684. The summed E-state index contributed by atoms with van der Waals surface area (Å²) in [5, 5.41) is 1.86. The van der Waals surface area contributed by atoms with Gasteiger partial charge < -0.3 is 9.47 Å². The van der Waals surface area contributed by atoms with Gasteiger partial charge >= 0.3 is 0 Å². The molecule has 1 heterocycles. The fourth-order valence-corrected chi connectivity index (χ4v) is 1.13. The summed E-state index contributed by atoms with van der Waals surface area (Å²) in [5.41, 5.74) is 2.76. The van der Waals surface area contributed by atoms with Crippen molar-refractivity contribution in [3.63, 3.8) is 0 Å². The van der Waals surface area contributed by atoms with E-state index in [2.05, 4.69) is 5.43 Å². The summed E-state index contributed by atoms with van der Waals surface area (Å²) in [6, 6.07) is 0. The Hall–Kier alpha value is -0.650. The van der Waals surface area contributed by atoms with Gasteiger partial charge in [0, 0.05) is 13.1 Å². The Balaban J connectivity index is 2.12. The van der Waals surface area contributed by atoms with Gasteiger partial charge in [-0.3, -0.25) is 10.2 Å². The molecule has 5 heteroatoms. The molecule has 0 saturated carbocycles. The van der Waals surface area contributed by atoms with Crippen molar-refractivity contribution in [2.75, 3.05) is 32.9 Å². The summed E-state index contributed by atoms with van der Waals surface area (Å²) in [4.78, 5) is 11.3. The fourth-order valence-electron chi connectivity index (χ4n) is 1.13. The van der Waals surface area contributed by atoms with Gasteiger partial charge in [0.15, 0.2) is 0 Å². The maximum absolute atomic E-state index is 11.3. The van der Waals surface area contributed by atoms with Crippen LogP contribution in [0.25, 0.3) is 0 Å². The van der Waals surface area contributed by atoms with Crippen LogP contribution in [0.4, 0.5) is 0 Å². The van der Waals surface area contributed by atoms with Gasteiger partial charge in [-0.2, -0.15) is 0 Å². The van der Waals surface area contributed by atoms with E-state index in [1.807, 2.05) is 18.9 Å².